The van der Waals surface area contributed by atoms with Gasteiger partial charge in [-0.15, -0.1) is 11.3 Å². The number of hydrogen-bond donors (Lipinski definition) is 1. The highest BCUT2D eigenvalue weighted by Crippen LogP contribution is 2.23. The molecule has 0 aliphatic heterocycles. The molecule has 5 heteroatoms. The molecule has 0 spiro atoms. The van der Waals surface area contributed by atoms with E-state index in [1.54, 1.807) is 6.92 Å². The fraction of sp³-hybridized carbons (Fsp3) is 0.368. The highest BCUT2D eigenvalue weighted by atomic mass is 32.1. The molecule has 1 N–H and O–H groups in total. The van der Waals surface area contributed by atoms with Crippen LogP contribution in [-0.2, 0) is 16.0 Å². The van der Waals surface area contributed by atoms with E-state index in [2.05, 4.69) is 5.32 Å². The van der Waals surface area contributed by atoms with Gasteiger partial charge in [-0.1, -0.05) is 19.1 Å². The number of thiophene rings is 1. The number of esters is 1. The van der Waals surface area contributed by atoms with E-state index in [4.69, 9.17) is 4.74 Å². The van der Waals surface area contributed by atoms with Crippen LogP contribution in [0.4, 0.5) is 5.69 Å². The Morgan fingerprint density at radius 3 is 2.54 bits per heavy atom. The largest absolute Gasteiger partial charge is 0.448 e. The average Bonchev–Trinajstić information content (AvgIpc) is 2.92. The number of hydrogen-bond acceptors (Lipinski definition) is 4. The first-order valence-electron chi connectivity index (χ1n) is 8.00. The van der Waals surface area contributed by atoms with E-state index >= 15 is 0 Å². The normalized spacial score (nSPS) is 11.9. The van der Waals surface area contributed by atoms with E-state index in [0.717, 1.165) is 33.7 Å². The van der Waals surface area contributed by atoms with Crippen LogP contribution in [0.5, 0.6) is 0 Å². The molecule has 0 saturated carbocycles. The van der Waals surface area contributed by atoms with E-state index in [1.807, 2.05) is 52.0 Å². The van der Waals surface area contributed by atoms with Gasteiger partial charge in [0.05, 0.1) is 0 Å². The number of anilines is 1. The summed E-state index contributed by atoms with van der Waals surface area (Å²) < 4.78 is 5.31. The Balaban J connectivity index is 2.02. The summed E-state index contributed by atoms with van der Waals surface area (Å²) in [5, 5.41) is 2.82. The SMILES string of the molecule is CCc1cc(C(=O)O[C@H](C)C(=O)Nc2cc(C)ccc2C)sc1C. The van der Waals surface area contributed by atoms with E-state index in [-0.39, 0.29) is 5.91 Å². The molecule has 0 unspecified atom stereocenters. The van der Waals surface area contributed by atoms with Crippen LogP contribution in [0, 0.1) is 20.8 Å². The first-order valence-corrected chi connectivity index (χ1v) is 8.81. The van der Waals surface area contributed by atoms with Crippen LogP contribution in [0.2, 0.25) is 0 Å². The summed E-state index contributed by atoms with van der Waals surface area (Å²) in [5.74, 6) is -0.785. The van der Waals surface area contributed by atoms with Crippen LogP contribution >= 0.6 is 11.3 Å². The third kappa shape index (κ3) is 4.23. The van der Waals surface area contributed by atoms with Gasteiger partial charge in [0.1, 0.15) is 4.88 Å². The molecule has 0 fully saturated rings. The third-order valence-electron chi connectivity index (χ3n) is 3.91. The van der Waals surface area contributed by atoms with Gasteiger partial charge in [0.15, 0.2) is 6.10 Å². The lowest BCUT2D eigenvalue weighted by Crippen LogP contribution is -2.30. The molecule has 1 heterocycles. The van der Waals surface area contributed by atoms with Crippen LogP contribution in [-0.4, -0.2) is 18.0 Å². The van der Waals surface area contributed by atoms with Crippen molar-refractivity contribution >= 4 is 28.9 Å². The topological polar surface area (TPSA) is 55.4 Å². The van der Waals surface area contributed by atoms with E-state index in [9.17, 15) is 9.59 Å². The molecule has 1 aromatic carbocycles. The van der Waals surface area contributed by atoms with Gasteiger partial charge in [0, 0.05) is 10.6 Å². The van der Waals surface area contributed by atoms with Gasteiger partial charge < -0.3 is 10.1 Å². The molecular weight excluding hydrogens is 322 g/mol. The lowest BCUT2D eigenvalue weighted by Gasteiger charge is -2.14. The number of carbonyl (C=O) groups is 2. The molecule has 0 aliphatic carbocycles. The van der Waals surface area contributed by atoms with Gasteiger partial charge in [-0.2, -0.15) is 0 Å². The van der Waals surface area contributed by atoms with E-state index < -0.39 is 12.1 Å². The van der Waals surface area contributed by atoms with Gasteiger partial charge in [0.2, 0.25) is 0 Å². The summed E-state index contributed by atoms with van der Waals surface area (Å²) in [6.45, 7) is 9.50. The van der Waals surface area contributed by atoms with Gasteiger partial charge >= 0.3 is 5.97 Å². The van der Waals surface area contributed by atoms with Crippen molar-refractivity contribution in [3.63, 3.8) is 0 Å². The number of ether oxygens (including phenoxy) is 1. The summed E-state index contributed by atoms with van der Waals surface area (Å²) in [5.41, 5.74) is 3.90. The second kappa shape index (κ2) is 7.62. The van der Waals surface area contributed by atoms with Crippen LogP contribution in [0.1, 0.15) is 45.1 Å². The van der Waals surface area contributed by atoms with Crippen molar-refractivity contribution in [2.75, 3.05) is 5.32 Å². The average molecular weight is 345 g/mol. The Bertz CT molecular complexity index is 764. The monoisotopic (exact) mass is 345 g/mol. The minimum atomic E-state index is -0.857. The van der Waals surface area contributed by atoms with Crippen LogP contribution in [0.15, 0.2) is 24.3 Å². The molecule has 4 nitrogen and oxygen atoms in total. The van der Waals surface area contributed by atoms with Crippen molar-refractivity contribution in [1.29, 1.82) is 0 Å². The summed E-state index contributed by atoms with van der Waals surface area (Å²) in [7, 11) is 0. The predicted octanol–water partition coefficient (Wildman–Crippen LogP) is 4.42. The first kappa shape index (κ1) is 18.2. The number of rotatable bonds is 5. The maximum atomic E-state index is 12.3. The second-order valence-electron chi connectivity index (χ2n) is 5.90. The van der Waals surface area contributed by atoms with Crippen LogP contribution in [0.3, 0.4) is 0 Å². The Morgan fingerprint density at radius 1 is 1.21 bits per heavy atom. The van der Waals surface area contributed by atoms with Crippen molar-refractivity contribution in [3.05, 3.63) is 50.7 Å². The number of benzene rings is 1. The number of amides is 1. The van der Waals surface area contributed by atoms with Crippen LogP contribution < -0.4 is 5.32 Å². The Hall–Kier alpha value is -2.14. The quantitative estimate of drug-likeness (QED) is 0.816. The first-order chi connectivity index (χ1) is 11.3. The molecule has 0 radical (unpaired) electrons. The Morgan fingerprint density at radius 2 is 1.92 bits per heavy atom. The minimum Gasteiger partial charge on any atom is -0.448 e. The molecule has 2 aromatic rings. The molecule has 128 valence electrons. The van der Waals surface area contributed by atoms with Crippen LogP contribution in [0.25, 0.3) is 0 Å². The summed E-state index contributed by atoms with van der Waals surface area (Å²) in [6, 6.07) is 7.68. The zero-order valence-corrected chi connectivity index (χ0v) is 15.5. The molecular formula is C19H23NO3S. The maximum absolute atomic E-state index is 12.3. The highest BCUT2D eigenvalue weighted by Gasteiger charge is 2.21. The summed E-state index contributed by atoms with van der Waals surface area (Å²) in [6.07, 6.45) is 0.0167. The molecule has 24 heavy (non-hydrogen) atoms. The standard InChI is InChI=1S/C19H23NO3S/c1-6-15-10-17(24-14(15)5)19(22)23-13(4)18(21)20-16-9-11(2)7-8-12(16)3/h7-10,13H,6H2,1-5H3,(H,20,21)/t13-/m1/s1. The van der Waals surface area contributed by atoms with E-state index in [1.165, 1.54) is 11.3 Å². The molecule has 1 aromatic heterocycles. The van der Waals surface area contributed by atoms with Crippen molar-refractivity contribution < 1.29 is 14.3 Å². The summed E-state index contributed by atoms with van der Waals surface area (Å²) in [4.78, 5) is 26.2. The number of nitrogens with one attached hydrogen (secondary N) is 1. The zero-order valence-electron chi connectivity index (χ0n) is 14.7. The van der Waals surface area contributed by atoms with Gasteiger partial charge in [-0.25, -0.2) is 4.79 Å². The lowest BCUT2D eigenvalue weighted by molar-refractivity contribution is -0.123. The van der Waals surface area contributed by atoms with Crippen molar-refractivity contribution in [2.24, 2.45) is 0 Å². The molecule has 2 rings (SSSR count). The van der Waals surface area contributed by atoms with Crippen molar-refractivity contribution in [2.45, 2.75) is 47.1 Å². The minimum absolute atomic E-state index is 0.332. The molecule has 0 saturated heterocycles. The highest BCUT2D eigenvalue weighted by molar-refractivity contribution is 7.14. The number of carbonyl (C=O) groups excluding carboxylic acids is 2. The molecule has 1 atom stereocenters. The molecule has 0 bridgehead atoms. The number of aryl methyl sites for hydroxylation is 4. The Labute approximate surface area is 146 Å². The fourth-order valence-electron chi connectivity index (χ4n) is 2.35. The molecule has 1 amide bonds. The third-order valence-corrected chi connectivity index (χ3v) is 4.98. The van der Waals surface area contributed by atoms with Crippen molar-refractivity contribution in [3.8, 4) is 0 Å². The van der Waals surface area contributed by atoms with Gasteiger partial charge in [-0.05, 0) is 62.9 Å². The Kier molecular flexibility index (Phi) is 5.78. The predicted molar refractivity (Wildman–Crippen MR) is 97.9 cm³/mol. The fourth-order valence-corrected chi connectivity index (χ4v) is 3.35. The van der Waals surface area contributed by atoms with E-state index in [0.29, 0.717) is 4.88 Å². The lowest BCUT2D eigenvalue weighted by atomic mass is 10.1. The van der Waals surface area contributed by atoms with Crippen molar-refractivity contribution in [1.82, 2.24) is 0 Å². The zero-order chi connectivity index (χ0) is 17.9. The van der Waals surface area contributed by atoms with Gasteiger partial charge in [-0.3, -0.25) is 4.79 Å². The molecule has 0 aliphatic rings. The summed E-state index contributed by atoms with van der Waals surface area (Å²) >= 11 is 1.40. The second-order valence-corrected chi connectivity index (χ2v) is 7.16. The maximum Gasteiger partial charge on any atom is 0.349 e. The smallest absolute Gasteiger partial charge is 0.349 e. The van der Waals surface area contributed by atoms with Gasteiger partial charge in [0.25, 0.3) is 5.91 Å².